The fraction of sp³-hybridized carbons (Fsp3) is 0.0625. The molecule has 6 heteroatoms. The van der Waals surface area contributed by atoms with Crippen LogP contribution in [0.5, 0.6) is 11.5 Å². The minimum absolute atomic E-state index is 0.276. The molecule has 1 aromatic heterocycles. The number of rotatable bonds is 2. The van der Waals surface area contributed by atoms with Crippen LogP contribution in [0.25, 0.3) is 23.1 Å². The van der Waals surface area contributed by atoms with Crippen molar-refractivity contribution >= 4 is 41.6 Å². The second kappa shape index (κ2) is 4.99. The second-order valence-corrected chi connectivity index (χ2v) is 5.38. The Labute approximate surface area is 132 Å². The minimum atomic E-state index is 0.276. The molecule has 0 spiro atoms. The molecule has 4 rings (SSSR count). The summed E-state index contributed by atoms with van der Waals surface area (Å²) >= 11 is 4.33. The van der Waals surface area contributed by atoms with Crippen LogP contribution in [0.2, 0.25) is 0 Å². The third-order valence-electron chi connectivity index (χ3n) is 3.55. The Bertz CT molecular complexity index is 902. The van der Waals surface area contributed by atoms with Crippen molar-refractivity contribution in [1.29, 1.82) is 0 Å². The Kier molecular flexibility index (Phi) is 2.97. The lowest BCUT2D eigenvalue weighted by molar-refractivity contribution is 0.174. The molecule has 0 saturated carbocycles. The number of nitrogens with zero attached hydrogens (tertiary/aromatic N) is 2. The number of hydrogen-bond donors (Lipinski definition) is 2. The summed E-state index contributed by atoms with van der Waals surface area (Å²) in [6, 6.07) is 11.5. The molecule has 2 aromatic carbocycles. The van der Waals surface area contributed by atoms with Crippen LogP contribution in [0.1, 0.15) is 11.3 Å². The van der Waals surface area contributed by atoms with Crippen molar-refractivity contribution in [3.05, 3.63) is 47.7 Å². The molecule has 0 unspecified atom stereocenters. The summed E-state index contributed by atoms with van der Waals surface area (Å²) in [7, 11) is 0. The van der Waals surface area contributed by atoms with Gasteiger partial charge in [-0.2, -0.15) is 5.10 Å². The fourth-order valence-electron chi connectivity index (χ4n) is 2.46. The first-order valence-electron chi connectivity index (χ1n) is 6.76. The molecule has 3 aromatic rings. The first-order chi connectivity index (χ1) is 10.7. The quantitative estimate of drug-likeness (QED) is 0.563. The average Bonchev–Trinajstić information content (AvgIpc) is 3.09. The van der Waals surface area contributed by atoms with Crippen LogP contribution in [0.15, 0.2) is 36.4 Å². The molecule has 0 atom stereocenters. The molecular weight excluding hydrogens is 298 g/mol. The molecular formula is C16H13N3O2S. The molecule has 0 fully saturated rings. The zero-order valence-electron chi connectivity index (χ0n) is 11.6. The number of nitrogens with two attached hydrogens (primary N) is 1. The van der Waals surface area contributed by atoms with Crippen molar-refractivity contribution in [3.63, 3.8) is 0 Å². The minimum Gasteiger partial charge on any atom is -0.454 e. The van der Waals surface area contributed by atoms with Crippen molar-refractivity contribution in [2.75, 3.05) is 12.5 Å². The van der Waals surface area contributed by atoms with Gasteiger partial charge >= 0.3 is 0 Å². The maximum Gasteiger partial charge on any atom is 0.231 e. The van der Waals surface area contributed by atoms with Crippen molar-refractivity contribution < 1.29 is 9.47 Å². The van der Waals surface area contributed by atoms with E-state index in [0.29, 0.717) is 5.69 Å². The third-order valence-corrected chi connectivity index (χ3v) is 3.85. The van der Waals surface area contributed by atoms with E-state index in [1.807, 2.05) is 48.6 Å². The van der Waals surface area contributed by atoms with Crippen LogP contribution >= 0.6 is 12.8 Å². The highest BCUT2D eigenvalue weighted by Crippen LogP contribution is 2.33. The lowest BCUT2D eigenvalue weighted by Crippen LogP contribution is -1.92. The number of benzene rings is 2. The summed E-state index contributed by atoms with van der Waals surface area (Å²) in [5, 5.41) is 5.40. The van der Waals surface area contributed by atoms with E-state index >= 15 is 0 Å². The van der Waals surface area contributed by atoms with Gasteiger partial charge in [-0.1, -0.05) is 12.1 Å². The van der Waals surface area contributed by atoms with Gasteiger partial charge in [-0.25, -0.2) is 4.09 Å². The molecule has 2 heterocycles. The van der Waals surface area contributed by atoms with Gasteiger partial charge in [0.05, 0.1) is 11.2 Å². The second-order valence-electron chi connectivity index (χ2n) is 5.00. The summed E-state index contributed by atoms with van der Waals surface area (Å²) in [4.78, 5) is 0. The van der Waals surface area contributed by atoms with E-state index in [9.17, 15) is 0 Å². The number of fused-ring (bicyclic) bond motifs is 2. The number of aromatic nitrogens is 2. The van der Waals surface area contributed by atoms with Crippen LogP contribution < -0.4 is 15.2 Å². The van der Waals surface area contributed by atoms with E-state index in [1.54, 1.807) is 0 Å². The zero-order valence-corrected chi connectivity index (χ0v) is 12.5. The topological polar surface area (TPSA) is 62.3 Å². The average molecular weight is 311 g/mol. The zero-order chi connectivity index (χ0) is 15.1. The fourth-order valence-corrected chi connectivity index (χ4v) is 2.72. The standard InChI is InChI=1S/C16H13N3O2S/c17-11-3-4-12-13(18-19(22)14(12)8-11)5-1-10-2-6-15-16(7-10)21-9-20-15/h1-8,22H,9,17H2/b5-1+. The summed E-state index contributed by atoms with van der Waals surface area (Å²) < 4.78 is 12.2. The van der Waals surface area contributed by atoms with E-state index < -0.39 is 0 Å². The summed E-state index contributed by atoms with van der Waals surface area (Å²) in [5.41, 5.74) is 9.22. The van der Waals surface area contributed by atoms with Gasteiger partial charge in [-0.3, -0.25) is 0 Å². The van der Waals surface area contributed by atoms with Crippen molar-refractivity contribution in [2.45, 2.75) is 0 Å². The van der Waals surface area contributed by atoms with Crippen LogP contribution in [0, 0.1) is 0 Å². The molecule has 1 aliphatic rings. The number of thiol groups is 1. The van der Waals surface area contributed by atoms with Gasteiger partial charge in [0, 0.05) is 11.1 Å². The third kappa shape index (κ3) is 2.17. The normalized spacial score (nSPS) is 13.3. The number of ether oxygens (including phenoxy) is 2. The Balaban J connectivity index is 1.71. The Morgan fingerprint density at radius 3 is 2.86 bits per heavy atom. The molecule has 0 aliphatic carbocycles. The lowest BCUT2D eigenvalue weighted by Gasteiger charge is -1.97. The molecule has 0 radical (unpaired) electrons. The SMILES string of the molecule is Nc1ccc2c(/C=C/c3ccc4c(c3)OCO4)nn(S)c2c1. The molecule has 22 heavy (non-hydrogen) atoms. The molecule has 0 saturated heterocycles. The van der Waals surface area contributed by atoms with E-state index in [0.717, 1.165) is 33.7 Å². The van der Waals surface area contributed by atoms with Crippen LogP contribution in [-0.2, 0) is 0 Å². The van der Waals surface area contributed by atoms with Crippen LogP contribution in [-0.4, -0.2) is 16.0 Å². The highest BCUT2D eigenvalue weighted by molar-refractivity contribution is 7.78. The molecule has 5 nitrogen and oxygen atoms in total. The van der Waals surface area contributed by atoms with Gasteiger partial charge in [0.25, 0.3) is 0 Å². The monoisotopic (exact) mass is 311 g/mol. The van der Waals surface area contributed by atoms with Crippen molar-refractivity contribution in [2.24, 2.45) is 0 Å². The first-order valence-corrected chi connectivity index (χ1v) is 7.16. The lowest BCUT2D eigenvalue weighted by atomic mass is 10.1. The van der Waals surface area contributed by atoms with E-state index in [1.165, 1.54) is 4.09 Å². The largest absolute Gasteiger partial charge is 0.454 e. The van der Waals surface area contributed by atoms with Crippen molar-refractivity contribution in [3.8, 4) is 11.5 Å². The number of nitrogen functional groups attached to an aromatic ring is 1. The predicted octanol–water partition coefficient (Wildman–Crippen LogP) is 3.21. The van der Waals surface area contributed by atoms with Gasteiger partial charge in [0.2, 0.25) is 6.79 Å². The van der Waals surface area contributed by atoms with E-state index in [-0.39, 0.29) is 6.79 Å². The summed E-state index contributed by atoms with van der Waals surface area (Å²) in [6.45, 7) is 0.276. The Hall–Kier alpha value is -2.60. The summed E-state index contributed by atoms with van der Waals surface area (Å²) in [6.07, 6.45) is 3.93. The van der Waals surface area contributed by atoms with Crippen molar-refractivity contribution in [1.82, 2.24) is 9.19 Å². The molecule has 0 bridgehead atoms. The van der Waals surface area contributed by atoms with Crippen LogP contribution in [0.4, 0.5) is 5.69 Å². The molecule has 2 N–H and O–H groups in total. The van der Waals surface area contributed by atoms with Crippen LogP contribution in [0.3, 0.4) is 0 Å². The number of anilines is 1. The predicted molar refractivity (Wildman–Crippen MR) is 90.0 cm³/mol. The maximum atomic E-state index is 5.80. The smallest absolute Gasteiger partial charge is 0.231 e. The van der Waals surface area contributed by atoms with Gasteiger partial charge in [0.15, 0.2) is 11.5 Å². The summed E-state index contributed by atoms with van der Waals surface area (Å²) in [5.74, 6) is 1.54. The van der Waals surface area contributed by atoms with Gasteiger partial charge in [0.1, 0.15) is 0 Å². The highest BCUT2D eigenvalue weighted by atomic mass is 32.1. The van der Waals surface area contributed by atoms with E-state index in [4.69, 9.17) is 15.2 Å². The first kappa shape index (κ1) is 13.1. The van der Waals surface area contributed by atoms with E-state index in [2.05, 4.69) is 17.9 Å². The Morgan fingerprint density at radius 2 is 1.95 bits per heavy atom. The van der Waals surface area contributed by atoms with Gasteiger partial charge in [-0.15, -0.1) is 0 Å². The maximum absolute atomic E-state index is 5.80. The molecule has 0 amide bonds. The number of hydrogen-bond acceptors (Lipinski definition) is 5. The Morgan fingerprint density at radius 1 is 1.09 bits per heavy atom. The van der Waals surface area contributed by atoms with Gasteiger partial charge in [-0.05, 0) is 54.8 Å². The highest BCUT2D eigenvalue weighted by Gasteiger charge is 2.12. The molecule has 1 aliphatic heterocycles. The molecule has 110 valence electrons. The van der Waals surface area contributed by atoms with Gasteiger partial charge < -0.3 is 15.2 Å².